The monoisotopic (exact) mass is 300 g/mol. The highest BCUT2D eigenvalue weighted by atomic mass is 16.5. The van der Waals surface area contributed by atoms with Crippen LogP contribution in [0.1, 0.15) is 44.7 Å². The van der Waals surface area contributed by atoms with Crippen molar-refractivity contribution in [3.8, 4) is 0 Å². The van der Waals surface area contributed by atoms with E-state index in [4.69, 9.17) is 4.74 Å². The number of esters is 1. The first-order chi connectivity index (χ1) is 10.6. The first-order valence-corrected chi connectivity index (χ1v) is 7.04. The van der Waals surface area contributed by atoms with E-state index >= 15 is 0 Å². The Morgan fingerprint density at radius 3 is 2.86 bits per heavy atom. The maximum absolute atomic E-state index is 12.6. The molecule has 7 heteroatoms. The topological polar surface area (TPSA) is 88.2 Å². The van der Waals surface area contributed by atoms with Crippen molar-refractivity contribution in [1.29, 1.82) is 0 Å². The molecule has 1 N–H and O–H groups in total. The van der Waals surface area contributed by atoms with Gasteiger partial charge < -0.3 is 14.6 Å². The molecule has 3 rings (SSSR count). The number of nitrogens with zero attached hydrogens (tertiary/aromatic N) is 3. The molecule has 2 aromatic heterocycles. The molecule has 0 spiro atoms. The lowest BCUT2D eigenvalue weighted by atomic mass is 10.2. The molecule has 0 radical (unpaired) electrons. The van der Waals surface area contributed by atoms with Gasteiger partial charge in [-0.2, -0.15) is 0 Å². The Morgan fingerprint density at radius 2 is 2.09 bits per heavy atom. The summed E-state index contributed by atoms with van der Waals surface area (Å²) >= 11 is 0. The van der Waals surface area contributed by atoms with Crippen molar-refractivity contribution in [2.45, 2.75) is 26.9 Å². The Labute approximate surface area is 127 Å². The van der Waals surface area contributed by atoms with E-state index in [1.165, 1.54) is 6.33 Å². The lowest BCUT2D eigenvalue weighted by Gasteiger charge is -2.14. The molecule has 0 saturated heterocycles. The van der Waals surface area contributed by atoms with Gasteiger partial charge in [0.05, 0.1) is 12.9 Å². The van der Waals surface area contributed by atoms with Gasteiger partial charge in [-0.3, -0.25) is 9.78 Å². The van der Waals surface area contributed by atoms with E-state index in [9.17, 15) is 9.59 Å². The van der Waals surface area contributed by atoms with E-state index in [-0.39, 0.29) is 23.9 Å². The predicted molar refractivity (Wildman–Crippen MR) is 77.1 cm³/mol. The number of hydrogen-bond acceptors (Lipinski definition) is 5. The summed E-state index contributed by atoms with van der Waals surface area (Å²) in [5.74, 6) is -0.865. The van der Waals surface area contributed by atoms with Gasteiger partial charge in [-0.15, -0.1) is 0 Å². The molecule has 0 bridgehead atoms. The van der Waals surface area contributed by atoms with Crippen molar-refractivity contribution in [3.63, 3.8) is 0 Å². The van der Waals surface area contributed by atoms with Crippen LogP contribution in [0.3, 0.4) is 0 Å². The number of fused-ring (bicyclic) bond motifs is 1. The summed E-state index contributed by atoms with van der Waals surface area (Å²) in [6.07, 6.45) is 3.11. The lowest BCUT2D eigenvalue weighted by Crippen LogP contribution is -2.27. The molecule has 0 aromatic carbocycles. The normalized spacial score (nSPS) is 13.1. The number of aromatic amines is 1. The van der Waals surface area contributed by atoms with Crippen LogP contribution in [0.2, 0.25) is 0 Å². The van der Waals surface area contributed by atoms with Gasteiger partial charge in [-0.25, -0.2) is 9.78 Å². The minimum absolute atomic E-state index is 0.0935. The van der Waals surface area contributed by atoms with Gasteiger partial charge in [0, 0.05) is 25.0 Å². The number of imidazole rings is 1. The first-order valence-electron chi connectivity index (χ1n) is 7.04. The molecule has 1 aliphatic heterocycles. The van der Waals surface area contributed by atoms with Crippen molar-refractivity contribution >= 4 is 11.9 Å². The Morgan fingerprint density at radius 1 is 1.32 bits per heavy atom. The Hall–Kier alpha value is -2.70. The number of rotatable bonds is 3. The van der Waals surface area contributed by atoms with Crippen molar-refractivity contribution in [1.82, 2.24) is 19.9 Å². The molecular weight excluding hydrogens is 284 g/mol. The molecule has 0 unspecified atom stereocenters. The Kier molecular flexibility index (Phi) is 3.62. The molecule has 0 aliphatic carbocycles. The second kappa shape index (κ2) is 5.59. The average Bonchev–Trinajstić information content (AvgIpc) is 3.12. The molecule has 2 aromatic rings. The lowest BCUT2D eigenvalue weighted by molar-refractivity contribution is 0.0512. The summed E-state index contributed by atoms with van der Waals surface area (Å²) in [6.45, 7) is 4.83. The number of carbonyl (C=O) groups is 2. The molecule has 1 amide bonds. The summed E-state index contributed by atoms with van der Waals surface area (Å²) in [4.78, 5) is 37.0. The fourth-order valence-electron chi connectivity index (χ4n) is 2.51. The molecular formula is C15H16N4O3. The molecule has 22 heavy (non-hydrogen) atoms. The highest BCUT2D eigenvalue weighted by Crippen LogP contribution is 2.24. The number of aromatic nitrogens is 3. The first kappa shape index (κ1) is 14.2. The van der Waals surface area contributed by atoms with Crippen LogP contribution in [0.25, 0.3) is 0 Å². The van der Waals surface area contributed by atoms with Crippen molar-refractivity contribution in [2.24, 2.45) is 0 Å². The number of H-pyrrole nitrogens is 1. The third-order valence-corrected chi connectivity index (χ3v) is 3.55. The van der Waals surface area contributed by atoms with E-state index in [0.29, 0.717) is 13.1 Å². The molecule has 3 heterocycles. The van der Waals surface area contributed by atoms with Gasteiger partial charge in [-0.05, 0) is 31.0 Å². The number of hydrogen-bond donors (Lipinski definition) is 1. The minimum Gasteiger partial charge on any atom is -0.461 e. The van der Waals surface area contributed by atoms with Crippen LogP contribution < -0.4 is 0 Å². The van der Waals surface area contributed by atoms with Gasteiger partial charge in [0.2, 0.25) is 0 Å². The molecule has 0 atom stereocenters. The minimum atomic E-state index is -0.572. The van der Waals surface area contributed by atoms with E-state index in [2.05, 4.69) is 15.0 Å². The second-order valence-corrected chi connectivity index (χ2v) is 5.10. The van der Waals surface area contributed by atoms with Crippen LogP contribution in [0.4, 0.5) is 0 Å². The van der Waals surface area contributed by atoms with Crippen LogP contribution in [0, 0.1) is 6.92 Å². The van der Waals surface area contributed by atoms with E-state index < -0.39 is 5.97 Å². The zero-order valence-corrected chi connectivity index (χ0v) is 12.4. The standard InChI is InChI=1S/C15H16N4O3/c1-3-22-15(21)13-12(17-8-18-13)14(20)19-6-10-4-9(2)16-5-11(10)7-19/h4-5,8H,3,6-7H2,1-2H3,(H,17,18). The molecule has 114 valence electrons. The van der Waals surface area contributed by atoms with Gasteiger partial charge in [0.15, 0.2) is 11.4 Å². The maximum Gasteiger partial charge on any atom is 0.357 e. The van der Waals surface area contributed by atoms with Crippen LogP contribution in [-0.4, -0.2) is 38.3 Å². The van der Waals surface area contributed by atoms with Crippen molar-refractivity contribution < 1.29 is 14.3 Å². The number of carbonyl (C=O) groups excluding carboxylic acids is 2. The van der Waals surface area contributed by atoms with E-state index in [1.54, 1.807) is 18.0 Å². The highest BCUT2D eigenvalue weighted by Gasteiger charge is 2.29. The number of ether oxygens (including phenoxy) is 1. The SMILES string of the molecule is CCOC(=O)c1[nH]cnc1C(=O)N1Cc2cnc(C)cc2C1. The number of aryl methyl sites for hydroxylation is 1. The second-order valence-electron chi connectivity index (χ2n) is 5.10. The van der Waals surface area contributed by atoms with Crippen LogP contribution >= 0.6 is 0 Å². The van der Waals surface area contributed by atoms with Gasteiger partial charge >= 0.3 is 5.97 Å². The molecule has 0 saturated carbocycles. The number of amides is 1. The molecule has 1 aliphatic rings. The Bertz CT molecular complexity index is 738. The number of nitrogens with one attached hydrogen (secondary N) is 1. The summed E-state index contributed by atoms with van der Waals surface area (Å²) in [6, 6.07) is 1.97. The molecule has 7 nitrogen and oxygen atoms in total. The highest BCUT2D eigenvalue weighted by molar-refractivity contribution is 6.02. The fraction of sp³-hybridized carbons (Fsp3) is 0.333. The fourth-order valence-corrected chi connectivity index (χ4v) is 2.51. The Balaban J connectivity index is 1.82. The van der Waals surface area contributed by atoms with Crippen molar-refractivity contribution in [2.75, 3.05) is 6.61 Å². The summed E-state index contributed by atoms with van der Waals surface area (Å²) in [7, 11) is 0. The smallest absolute Gasteiger partial charge is 0.357 e. The third-order valence-electron chi connectivity index (χ3n) is 3.55. The van der Waals surface area contributed by atoms with Crippen molar-refractivity contribution in [3.05, 3.63) is 46.8 Å². The molecule has 0 fully saturated rings. The van der Waals surface area contributed by atoms with E-state index in [1.807, 2.05) is 13.0 Å². The van der Waals surface area contributed by atoms with Gasteiger partial charge in [0.1, 0.15) is 0 Å². The average molecular weight is 300 g/mol. The largest absolute Gasteiger partial charge is 0.461 e. The predicted octanol–water partition coefficient (Wildman–Crippen LogP) is 1.45. The van der Waals surface area contributed by atoms with Crippen LogP contribution in [0.5, 0.6) is 0 Å². The quantitative estimate of drug-likeness (QED) is 0.867. The zero-order valence-electron chi connectivity index (χ0n) is 12.4. The van der Waals surface area contributed by atoms with Crippen LogP contribution in [-0.2, 0) is 17.8 Å². The summed E-state index contributed by atoms with van der Waals surface area (Å²) in [5, 5.41) is 0. The summed E-state index contributed by atoms with van der Waals surface area (Å²) in [5.41, 5.74) is 3.20. The third kappa shape index (κ3) is 2.45. The number of pyridine rings is 1. The van der Waals surface area contributed by atoms with Gasteiger partial charge in [-0.1, -0.05) is 0 Å². The summed E-state index contributed by atoms with van der Waals surface area (Å²) < 4.78 is 4.93. The van der Waals surface area contributed by atoms with E-state index in [0.717, 1.165) is 16.8 Å². The van der Waals surface area contributed by atoms with Crippen LogP contribution in [0.15, 0.2) is 18.6 Å². The van der Waals surface area contributed by atoms with Gasteiger partial charge in [0.25, 0.3) is 5.91 Å². The maximum atomic E-state index is 12.6. The zero-order chi connectivity index (χ0) is 15.7.